The van der Waals surface area contributed by atoms with Gasteiger partial charge in [-0.05, 0) is 63.4 Å². The van der Waals surface area contributed by atoms with Gasteiger partial charge in [-0.1, -0.05) is 35.0 Å². The Morgan fingerprint density at radius 3 is 2.70 bits per heavy atom. The Labute approximate surface area is 132 Å². The van der Waals surface area contributed by atoms with E-state index in [1.165, 1.54) is 44.5 Å². The molecule has 1 N–H and O–H groups in total. The number of nitrogens with one attached hydrogen (secondary N) is 1. The van der Waals surface area contributed by atoms with E-state index in [4.69, 9.17) is 0 Å². The molecule has 2 nitrogen and oxygen atoms in total. The highest BCUT2D eigenvalue weighted by Gasteiger charge is 2.21. The second-order valence-corrected chi connectivity index (χ2v) is 6.88. The Balaban J connectivity index is 1.91. The zero-order valence-corrected chi connectivity index (χ0v) is 14.3. The lowest BCUT2D eigenvalue weighted by molar-refractivity contribution is 0.190. The topological polar surface area (TPSA) is 15.3 Å². The predicted molar refractivity (Wildman–Crippen MR) is 90.2 cm³/mol. The summed E-state index contributed by atoms with van der Waals surface area (Å²) in [5.41, 5.74) is 1.43. The quantitative estimate of drug-likeness (QED) is 0.812. The maximum atomic E-state index is 3.62. The summed E-state index contributed by atoms with van der Waals surface area (Å²) >= 11 is 3.51. The van der Waals surface area contributed by atoms with Gasteiger partial charge in [0.05, 0.1) is 0 Å². The number of benzene rings is 1. The van der Waals surface area contributed by atoms with E-state index in [0.29, 0.717) is 12.1 Å². The standard InChI is InChI=1S/C17H27BrN2/c1-3-11-20(13-17-5-4-10-19-17)14(2)12-15-6-8-16(18)9-7-15/h6-9,14,17,19H,3-5,10-13H2,1-2H3. The molecular weight excluding hydrogens is 312 g/mol. The average molecular weight is 339 g/mol. The minimum Gasteiger partial charge on any atom is -0.313 e. The van der Waals surface area contributed by atoms with Gasteiger partial charge in [-0.3, -0.25) is 4.90 Å². The zero-order chi connectivity index (χ0) is 14.4. The third-order valence-electron chi connectivity index (χ3n) is 4.20. The molecule has 2 rings (SSSR count). The lowest BCUT2D eigenvalue weighted by Gasteiger charge is -2.31. The summed E-state index contributed by atoms with van der Waals surface area (Å²) in [6, 6.07) is 10.1. The summed E-state index contributed by atoms with van der Waals surface area (Å²) < 4.78 is 1.16. The van der Waals surface area contributed by atoms with Gasteiger partial charge in [0.2, 0.25) is 0 Å². The highest BCUT2D eigenvalue weighted by atomic mass is 79.9. The molecule has 3 heteroatoms. The Kier molecular flexibility index (Phi) is 6.53. The zero-order valence-electron chi connectivity index (χ0n) is 12.7. The highest BCUT2D eigenvalue weighted by Crippen LogP contribution is 2.16. The van der Waals surface area contributed by atoms with Crippen LogP contribution in [-0.2, 0) is 6.42 Å². The first kappa shape index (κ1) is 16.0. The first-order valence-corrected chi connectivity index (χ1v) is 8.70. The molecule has 20 heavy (non-hydrogen) atoms. The summed E-state index contributed by atoms with van der Waals surface area (Å²) in [6.45, 7) is 8.25. The largest absolute Gasteiger partial charge is 0.313 e. The van der Waals surface area contributed by atoms with Crippen LogP contribution in [0.5, 0.6) is 0 Å². The van der Waals surface area contributed by atoms with Gasteiger partial charge >= 0.3 is 0 Å². The molecule has 0 saturated carbocycles. The van der Waals surface area contributed by atoms with E-state index in [1.807, 2.05) is 0 Å². The van der Waals surface area contributed by atoms with E-state index < -0.39 is 0 Å². The molecule has 1 saturated heterocycles. The van der Waals surface area contributed by atoms with Crippen molar-refractivity contribution in [3.8, 4) is 0 Å². The summed E-state index contributed by atoms with van der Waals surface area (Å²) in [5.74, 6) is 0. The monoisotopic (exact) mass is 338 g/mol. The molecule has 1 heterocycles. The molecule has 1 aliphatic rings. The summed E-state index contributed by atoms with van der Waals surface area (Å²) in [7, 11) is 0. The minimum absolute atomic E-state index is 0.610. The third-order valence-corrected chi connectivity index (χ3v) is 4.72. The van der Waals surface area contributed by atoms with Gasteiger partial charge in [-0.25, -0.2) is 0 Å². The average Bonchev–Trinajstić information content (AvgIpc) is 2.94. The maximum absolute atomic E-state index is 3.62. The van der Waals surface area contributed by atoms with E-state index in [-0.39, 0.29) is 0 Å². The Bertz CT molecular complexity index is 384. The molecule has 1 aliphatic heterocycles. The molecule has 2 unspecified atom stereocenters. The number of hydrogen-bond acceptors (Lipinski definition) is 2. The second-order valence-electron chi connectivity index (χ2n) is 5.97. The van der Waals surface area contributed by atoms with Crippen molar-refractivity contribution in [2.24, 2.45) is 0 Å². The molecule has 0 spiro atoms. The lowest BCUT2D eigenvalue weighted by atomic mass is 10.0. The molecule has 1 aromatic carbocycles. The Morgan fingerprint density at radius 2 is 2.10 bits per heavy atom. The summed E-state index contributed by atoms with van der Waals surface area (Å²) in [5, 5.41) is 3.62. The molecule has 0 aromatic heterocycles. The van der Waals surface area contributed by atoms with Gasteiger partial charge in [-0.2, -0.15) is 0 Å². The van der Waals surface area contributed by atoms with E-state index in [9.17, 15) is 0 Å². The third kappa shape index (κ3) is 4.87. The van der Waals surface area contributed by atoms with Crippen LogP contribution < -0.4 is 5.32 Å². The van der Waals surface area contributed by atoms with Crippen molar-refractivity contribution in [2.45, 2.75) is 51.6 Å². The number of hydrogen-bond donors (Lipinski definition) is 1. The van der Waals surface area contributed by atoms with Crippen molar-refractivity contribution in [3.63, 3.8) is 0 Å². The van der Waals surface area contributed by atoms with Gasteiger partial charge in [0.1, 0.15) is 0 Å². The molecule has 1 fully saturated rings. The van der Waals surface area contributed by atoms with Gasteiger partial charge in [0, 0.05) is 23.1 Å². The maximum Gasteiger partial charge on any atom is 0.0195 e. The van der Waals surface area contributed by atoms with Crippen molar-refractivity contribution < 1.29 is 0 Å². The van der Waals surface area contributed by atoms with Crippen LogP contribution in [0.3, 0.4) is 0 Å². The van der Waals surface area contributed by atoms with Crippen molar-refractivity contribution >= 4 is 15.9 Å². The van der Waals surface area contributed by atoms with Crippen LogP contribution in [0.2, 0.25) is 0 Å². The Hall–Kier alpha value is -0.380. The summed E-state index contributed by atoms with van der Waals surface area (Å²) in [6.07, 6.45) is 5.05. The summed E-state index contributed by atoms with van der Waals surface area (Å²) in [4.78, 5) is 2.66. The van der Waals surface area contributed by atoms with E-state index >= 15 is 0 Å². The molecule has 1 aromatic rings. The minimum atomic E-state index is 0.610. The van der Waals surface area contributed by atoms with Crippen LogP contribution in [0.15, 0.2) is 28.7 Å². The van der Waals surface area contributed by atoms with Crippen LogP contribution in [0, 0.1) is 0 Å². The Morgan fingerprint density at radius 1 is 1.35 bits per heavy atom. The molecule has 0 radical (unpaired) electrons. The van der Waals surface area contributed by atoms with Crippen LogP contribution in [0.4, 0.5) is 0 Å². The highest BCUT2D eigenvalue weighted by molar-refractivity contribution is 9.10. The number of halogens is 1. The fourth-order valence-corrected chi connectivity index (χ4v) is 3.33. The van der Waals surface area contributed by atoms with Crippen molar-refractivity contribution in [3.05, 3.63) is 34.3 Å². The lowest BCUT2D eigenvalue weighted by Crippen LogP contribution is -2.43. The fourth-order valence-electron chi connectivity index (χ4n) is 3.07. The SMILES string of the molecule is CCCN(CC1CCCN1)C(C)Cc1ccc(Br)cc1. The number of nitrogens with zero attached hydrogens (tertiary/aromatic N) is 1. The first-order valence-electron chi connectivity index (χ1n) is 7.91. The predicted octanol–water partition coefficient (Wildman–Crippen LogP) is 3.84. The second kappa shape index (κ2) is 8.16. The van der Waals surface area contributed by atoms with Gasteiger partial charge in [-0.15, -0.1) is 0 Å². The van der Waals surface area contributed by atoms with Crippen molar-refractivity contribution in [1.82, 2.24) is 10.2 Å². The van der Waals surface area contributed by atoms with E-state index in [2.05, 4.69) is 64.3 Å². The van der Waals surface area contributed by atoms with Crippen molar-refractivity contribution in [2.75, 3.05) is 19.6 Å². The van der Waals surface area contributed by atoms with Crippen LogP contribution >= 0.6 is 15.9 Å². The van der Waals surface area contributed by atoms with Gasteiger partial charge in [0.15, 0.2) is 0 Å². The van der Waals surface area contributed by atoms with Crippen LogP contribution in [-0.4, -0.2) is 36.6 Å². The first-order chi connectivity index (χ1) is 9.69. The van der Waals surface area contributed by atoms with Gasteiger partial charge < -0.3 is 5.32 Å². The molecule has 0 amide bonds. The molecular formula is C17H27BrN2. The smallest absolute Gasteiger partial charge is 0.0195 e. The van der Waals surface area contributed by atoms with Crippen molar-refractivity contribution in [1.29, 1.82) is 0 Å². The normalized spacial score (nSPS) is 20.5. The molecule has 2 atom stereocenters. The van der Waals surface area contributed by atoms with Crippen LogP contribution in [0.1, 0.15) is 38.7 Å². The van der Waals surface area contributed by atoms with Gasteiger partial charge in [0.25, 0.3) is 0 Å². The number of rotatable bonds is 7. The molecule has 112 valence electrons. The molecule has 0 aliphatic carbocycles. The molecule has 0 bridgehead atoms. The van der Waals surface area contributed by atoms with E-state index in [0.717, 1.165) is 10.9 Å². The fraction of sp³-hybridized carbons (Fsp3) is 0.647. The van der Waals surface area contributed by atoms with E-state index in [1.54, 1.807) is 0 Å². The van der Waals surface area contributed by atoms with Crippen LogP contribution in [0.25, 0.3) is 0 Å².